The average Bonchev–Trinajstić information content (AvgIpc) is 3.23. The van der Waals surface area contributed by atoms with Crippen molar-refractivity contribution in [3.8, 4) is 0 Å². The Bertz CT molecular complexity index is 971. The number of thiophene rings is 1. The molecule has 0 atom stereocenters. The Balaban J connectivity index is 1.70. The average molecular weight is 468 g/mol. The summed E-state index contributed by atoms with van der Waals surface area (Å²) in [6.07, 6.45) is 4.47. The minimum atomic E-state index is -3.69. The molecule has 1 saturated heterocycles. The summed E-state index contributed by atoms with van der Waals surface area (Å²) < 4.78 is 27.5. The molecule has 0 bridgehead atoms. The second-order valence-corrected chi connectivity index (χ2v) is 10.5. The topological polar surface area (TPSA) is 69.7 Å². The van der Waals surface area contributed by atoms with Crippen molar-refractivity contribution in [3.63, 3.8) is 0 Å². The molecule has 1 aliphatic rings. The molecule has 0 radical (unpaired) electrons. The predicted octanol–water partition coefficient (Wildman–Crippen LogP) is 4.20. The predicted molar refractivity (Wildman–Crippen MR) is 122 cm³/mol. The first kappa shape index (κ1) is 23.0. The highest BCUT2D eigenvalue weighted by Crippen LogP contribution is 2.29. The highest BCUT2D eigenvalue weighted by Gasteiger charge is 2.28. The van der Waals surface area contributed by atoms with E-state index in [1.807, 2.05) is 22.4 Å². The lowest BCUT2D eigenvalue weighted by Crippen LogP contribution is -2.36. The van der Waals surface area contributed by atoms with Gasteiger partial charge in [-0.2, -0.15) is 4.31 Å². The lowest BCUT2D eigenvalue weighted by atomic mass is 10.2. The van der Waals surface area contributed by atoms with Crippen LogP contribution in [-0.2, 0) is 21.4 Å². The van der Waals surface area contributed by atoms with Gasteiger partial charge in [-0.25, -0.2) is 8.42 Å². The molecule has 0 unspecified atom stereocenters. The fraction of sp³-hybridized carbons (Fsp3) is 0.381. The number of benzene rings is 1. The van der Waals surface area contributed by atoms with E-state index in [1.165, 1.54) is 16.4 Å². The first-order valence-corrected chi connectivity index (χ1v) is 12.5. The van der Waals surface area contributed by atoms with E-state index in [-0.39, 0.29) is 22.4 Å². The van der Waals surface area contributed by atoms with Crippen molar-refractivity contribution in [1.82, 2.24) is 9.21 Å². The minimum Gasteiger partial charge on any atom is -0.325 e. The summed E-state index contributed by atoms with van der Waals surface area (Å²) in [5, 5.41) is 4.96. The van der Waals surface area contributed by atoms with Gasteiger partial charge in [0.15, 0.2) is 0 Å². The van der Waals surface area contributed by atoms with E-state index >= 15 is 0 Å². The Morgan fingerprint density at radius 2 is 2.03 bits per heavy atom. The van der Waals surface area contributed by atoms with Crippen LogP contribution in [0.5, 0.6) is 0 Å². The Morgan fingerprint density at radius 1 is 1.27 bits per heavy atom. The van der Waals surface area contributed by atoms with E-state index in [1.54, 1.807) is 23.5 Å². The maximum atomic E-state index is 13.0. The van der Waals surface area contributed by atoms with E-state index < -0.39 is 10.0 Å². The summed E-state index contributed by atoms with van der Waals surface area (Å²) in [5.41, 5.74) is 0.412. The fourth-order valence-corrected chi connectivity index (χ4v) is 6.18. The van der Waals surface area contributed by atoms with Crippen LogP contribution in [-0.4, -0.2) is 49.7 Å². The fourth-order valence-electron chi connectivity index (χ4n) is 3.42. The van der Waals surface area contributed by atoms with Gasteiger partial charge in [0, 0.05) is 36.7 Å². The van der Waals surface area contributed by atoms with Crippen molar-refractivity contribution in [2.75, 3.05) is 31.5 Å². The van der Waals surface area contributed by atoms with Crippen molar-refractivity contribution < 1.29 is 13.2 Å². The van der Waals surface area contributed by atoms with Gasteiger partial charge in [-0.3, -0.25) is 9.69 Å². The lowest BCUT2D eigenvalue weighted by Gasteiger charge is -2.26. The summed E-state index contributed by atoms with van der Waals surface area (Å²) in [6, 6.07) is 8.58. The summed E-state index contributed by atoms with van der Waals surface area (Å²) in [6.45, 7) is 6.13. The van der Waals surface area contributed by atoms with Crippen LogP contribution in [0.2, 0.25) is 5.02 Å². The van der Waals surface area contributed by atoms with E-state index in [4.69, 9.17) is 11.6 Å². The monoisotopic (exact) mass is 467 g/mol. The number of hydrogen-bond donors (Lipinski definition) is 1. The number of piperidine rings is 1. The van der Waals surface area contributed by atoms with Gasteiger partial charge in [-0.1, -0.05) is 30.2 Å². The molecule has 6 nitrogen and oxygen atoms in total. The Kier molecular flexibility index (Phi) is 8.07. The van der Waals surface area contributed by atoms with Crippen LogP contribution in [0.1, 0.15) is 24.1 Å². The molecule has 2 heterocycles. The number of rotatable bonds is 9. The second-order valence-electron chi connectivity index (χ2n) is 7.20. The molecule has 0 saturated carbocycles. The number of nitrogens with zero attached hydrogens (tertiary/aromatic N) is 2. The Morgan fingerprint density at radius 3 is 2.70 bits per heavy atom. The van der Waals surface area contributed by atoms with E-state index in [9.17, 15) is 13.2 Å². The van der Waals surface area contributed by atoms with Crippen LogP contribution in [0.15, 0.2) is 53.3 Å². The van der Waals surface area contributed by atoms with Crippen LogP contribution >= 0.6 is 22.9 Å². The quantitative estimate of drug-likeness (QED) is 0.561. The summed E-state index contributed by atoms with van der Waals surface area (Å²) in [5.74, 6) is -0.225. The molecule has 1 aliphatic heterocycles. The van der Waals surface area contributed by atoms with Crippen LogP contribution in [0.4, 0.5) is 5.69 Å². The van der Waals surface area contributed by atoms with Crippen molar-refractivity contribution in [3.05, 3.63) is 58.3 Å². The van der Waals surface area contributed by atoms with Crippen LogP contribution < -0.4 is 5.32 Å². The molecule has 1 amide bonds. The Hall–Kier alpha value is -1.71. The molecule has 0 aliphatic carbocycles. The molecule has 9 heteroatoms. The lowest BCUT2D eigenvalue weighted by molar-refractivity contribution is -0.117. The van der Waals surface area contributed by atoms with Crippen molar-refractivity contribution in [2.24, 2.45) is 0 Å². The van der Waals surface area contributed by atoms with Crippen LogP contribution in [0.3, 0.4) is 0 Å². The number of nitrogens with one attached hydrogen (secondary N) is 1. The van der Waals surface area contributed by atoms with E-state index in [0.29, 0.717) is 31.9 Å². The van der Waals surface area contributed by atoms with Crippen molar-refractivity contribution >= 4 is 44.6 Å². The molecule has 0 spiro atoms. The van der Waals surface area contributed by atoms with Crippen molar-refractivity contribution in [1.29, 1.82) is 0 Å². The molecular formula is C21H26ClN3O3S2. The highest BCUT2D eigenvalue weighted by molar-refractivity contribution is 7.89. The third-order valence-corrected chi connectivity index (χ3v) is 8.10. The number of carbonyl (C=O) groups excluding carboxylic acids is 1. The van der Waals surface area contributed by atoms with Gasteiger partial charge < -0.3 is 5.32 Å². The maximum absolute atomic E-state index is 13.0. The Labute approximate surface area is 187 Å². The molecule has 162 valence electrons. The van der Waals surface area contributed by atoms with Crippen LogP contribution in [0.25, 0.3) is 0 Å². The molecule has 1 aromatic heterocycles. The first-order chi connectivity index (χ1) is 14.4. The number of anilines is 1. The van der Waals surface area contributed by atoms with E-state index in [2.05, 4.69) is 11.9 Å². The maximum Gasteiger partial charge on any atom is 0.244 e. The van der Waals surface area contributed by atoms with Crippen LogP contribution in [0, 0.1) is 0 Å². The van der Waals surface area contributed by atoms with Gasteiger partial charge in [-0.05, 0) is 42.5 Å². The molecule has 1 N–H and O–H groups in total. The van der Waals surface area contributed by atoms with Gasteiger partial charge in [-0.15, -0.1) is 17.9 Å². The summed E-state index contributed by atoms with van der Waals surface area (Å²) in [4.78, 5) is 15.8. The number of sulfonamides is 1. The SMILES string of the molecule is C=CCN(CC(=O)Nc1ccc(Cl)c(S(=O)(=O)N2CCCCC2)c1)Cc1cccs1. The molecule has 2 aromatic rings. The van der Waals surface area contributed by atoms with Gasteiger partial charge in [0.25, 0.3) is 0 Å². The molecule has 1 aromatic carbocycles. The van der Waals surface area contributed by atoms with Gasteiger partial charge in [0.1, 0.15) is 4.90 Å². The largest absolute Gasteiger partial charge is 0.325 e. The normalized spacial score (nSPS) is 15.3. The number of amides is 1. The number of carbonyl (C=O) groups is 1. The molecule has 1 fully saturated rings. The van der Waals surface area contributed by atoms with Gasteiger partial charge >= 0.3 is 0 Å². The third-order valence-electron chi connectivity index (χ3n) is 4.86. The molecule has 30 heavy (non-hydrogen) atoms. The highest BCUT2D eigenvalue weighted by atomic mass is 35.5. The number of hydrogen-bond acceptors (Lipinski definition) is 5. The van der Waals surface area contributed by atoms with Crippen molar-refractivity contribution in [2.45, 2.75) is 30.7 Å². The number of halogens is 1. The van der Waals surface area contributed by atoms with Gasteiger partial charge in [0.05, 0.1) is 11.6 Å². The minimum absolute atomic E-state index is 0.0328. The van der Waals surface area contributed by atoms with Gasteiger partial charge in [0.2, 0.25) is 15.9 Å². The third kappa shape index (κ3) is 5.92. The molecular weight excluding hydrogens is 442 g/mol. The smallest absolute Gasteiger partial charge is 0.244 e. The zero-order valence-electron chi connectivity index (χ0n) is 16.7. The standard InChI is InChI=1S/C21H26ClN3O3S2/c1-2-10-24(15-18-7-6-13-29-18)16-21(26)23-17-8-9-19(22)20(14-17)30(27,28)25-11-4-3-5-12-25/h2,6-9,13-14H,1,3-5,10-12,15-16H2,(H,23,26). The molecule has 3 rings (SSSR count). The zero-order chi connectivity index (χ0) is 21.6. The van der Waals surface area contributed by atoms with E-state index in [0.717, 1.165) is 24.1 Å². The zero-order valence-corrected chi connectivity index (χ0v) is 19.1. The summed E-state index contributed by atoms with van der Waals surface area (Å²) >= 11 is 7.84. The second kappa shape index (κ2) is 10.5. The summed E-state index contributed by atoms with van der Waals surface area (Å²) in [7, 11) is -3.69. The first-order valence-electron chi connectivity index (χ1n) is 9.85.